The molecule has 0 radical (unpaired) electrons. The second-order valence-electron chi connectivity index (χ2n) is 5.25. The lowest BCUT2D eigenvalue weighted by molar-refractivity contribution is 0.0531. The van der Waals surface area contributed by atoms with E-state index < -0.39 is 0 Å². The lowest BCUT2D eigenvalue weighted by Gasteiger charge is -2.32. The first-order valence-corrected chi connectivity index (χ1v) is 7.29. The van der Waals surface area contributed by atoms with Crippen LogP contribution >= 0.6 is 0 Å². The summed E-state index contributed by atoms with van der Waals surface area (Å²) in [4.78, 5) is 25.1. The summed E-state index contributed by atoms with van der Waals surface area (Å²) in [5.41, 5.74) is -0.0690. The third-order valence-electron chi connectivity index (χ3n) is 3.61. The Bertz CT molecular complexity index is 679. The van der Waals surface area contributed by atoms with Gasteiger partial charge >= 0.3 is 0 Å². The lowest BCUT2D eigenvalue weighted by atomic mass is 10.1. The van der Waals surface area contributed by atoms with Gasteiger partial charge in [-0.2, -0.15) is 5.10 Å². The van der Waals surface area contributed by atoms with Crippen LogP contribution < -0.4 is 10.3 Å². The van der Waals surface area contributed by atoms with E-state index in [0.717, 1.165) is 18.6 Å². The van der Waals surface area contributed by atoms with Crippen LogP contribution in [0.5, 0.6) is 5.75 Å². The lowest BCUT2D eigenvalue weighted by Crippen LogP contribution is -2.44. The number of hydrogen-bond acceptors (Lipinski definition) is 4. The zero-order valence-corrected chi connectivity index (χ0v) is 12.1. The topological polar surface area (TPSA) is 75.3 Å². The van der Waals surface area contributed by atoms with Crippen molar-refractivity contribution >= 4 is 5.91 Å². The molecule has 22 heavy (non-hydrogen) atoms. The highest BCUT2D eigenvalue weighted by Crippen LogP contribution is 2.19. The molecule has 0 aliphatic carbocycles. The van der Waals surface area contributed by atoms with E-state index in [-0.39, 0.29) is 23.3 Å². The summed E-state index contributed by atoms with van der Waals surface area (Å²) in [5.74, 6) is 0.626. The maximum absolute atomic E-state index is 12.4. The van der Waals surface area contributed by atoms with Gasteiger partial charge in [0.2, 0.25) is 0 Å². The van der Waals surface area contributed by atoms with E-state index in [1.165, 1.54) is 12.1 Å². The second kappa shape index (κ2) is 6.43. The summed E-state index contributed by atoms with van der Waals surface area (Å²) in [5, 5.41) is 6.08. The van der Waals surface area contributed by atoms with Crippen molar-refractivity contribution in [3.05, 3.63) is 58.5 Å². The Kier molecular flexibility index (Phi) is 4.18. The maximum Gasteiger partial charge on any atom is 0.274 e. The molecule has 1 atom stereocenters. The number of amides is 1. The fourth-order valence-electron chi connectivity index (χ4n) is 2.54. The molecular formula is C16H17N3O3. The highest BCUT2D eigenvalue weighted by Gasteiger charge is 2.26. The number of H-pyrrole nitrogens is 1. The van der Waals surface area contributed by atoms with E-state index in [1.807, 2.05) is 30.3 Å². The number of carbonyl (C=O) groups is 1. The van der Waals surface area contributed by atoms with Crippen LogP contribution in [0.25, 0.3) is 0 Å². The van der Waals surface area contributed by atoms with Gasteiger partial charge in [0.1, 0.15) is 17.5 Å². The van der Waals surface area contributed by atoms with Crippen molar-refractivity contribution in [2.75, 3.05) is 13.1 Å². The first-order valence-electron chi connectivity index (χ1n) is 7.29. The fourth-order valence-corrected chi connectivity index (χ4v) is 2.54. The normalized spacial score (nSPS) is 18.0. The summed E-state index contributed by atoms with van der Waals surface area (Å²) >= 11 is 0. The number of carbonyl (C=O) groups excluding carboxylic acids is 1. The van der Waals surface area contributed by atoms with Crippen LogP contribution in [0.15, 0.2) is 47.3 Å². The number of para-hydroxylation sites is 1. The molecule has 1 unspecified atom stereocenters. The van der Waals surface area contributed by atoms with Crippen LogP contribution in [0.2, 0.25) is 0 Å². The predicted octanol–water partition coefficient (Wildman–Crippen LogP) is 1.45. The standard InChI is InChI=1S/C16H17N3O3/c20-15-9-8-14(17-18-15)16(21)19-10-4-7-13(11-19)22-12-5-2-1-3-6-12/h1-3,5-6,8-9,13H,4,7,10-11H2,(H,18,20). The van der Waals surface area contributed by atoms with Crippen molar-refractivity contribution in [1.29, 1.82) is 0 Å². The smallest absolute Gasteiger partial charge is 0.274 e. The van der Waals surface area contributed by atoms with Gasteiger partial charge in [0, 0.05) is 12.6 Å². The third-order valence-corrected chi connectivity index (χ3v) is 3.61. The molecule has 1 aliphatic rings. The van der Waals surface area contributed by atoms with E-state index in [1.54, 1.807) is 4.90 Å². The molecule has 114 valence electrons. The maximum atomic E-state index is 12.4. The van der Waals surface area contributed by atoms with Gasteiger partial charge in [-0.15, -0.1) is 0 Å². The predicted molar refractivity (Wildman–Crippen MR) is 80.9 cm³/mol. The van der Waals surface area contributed by atoms with Crippen molar-refractivity contribution in [1.82, 2.24) is 15.1 Å². The average Bonchev–Trinajstić information content (AvgIpc) is 2.56. The minimum Gasteiger partial charge on any atom is -0.489 e. The van der Waals surface area contributed by atoms with Crippen molar-refractivity contribution in [2.24, 2.45) is 0 Å². The van der Waals surface area contributed by atoms with E-state index in [0.29, 0.717) is 13.1 Å². The number of hydrogen-bond donors (Lipinski definition) is 1. The fraction of sp³-hybridized carbons (Fsp3) is 0.312. The molecule has 0 saturated carbocycles. The zero-order valence-electron chi connectivity index (χ0n) is 12.1. The first-order chi connectivity index (χ1) is 10.7. The molecule has 1 N–H and O–H groups in total. The van der Waals surface area contributed by atoms with E-state index >= 15 is 0 Å². The Morgan fingerprint density at radius 3 is 2.77 bits per heavy atom. The quantitative estimate of drug-likeness (QED) is 0.931. The van der Waals surface area contributed by atoms with E-state index in [9.17, 15) is 9.59 Å². The molecule has 1 fully saturated rings. The van der Waals surface area contributed by atoms with Crippen molar-refractivity contribution in [3.63, 3.8) is 0 Å². The largest absolute Gasteiger partial charge is 0.489 e. The van der Waals surface area contributed by atoms with Gasteiger partial charge < -0.3 is 9.64 Å². The van der Waals surface area contributed by atoms with Crippen molar-refractivity contribution < 1.29 is 9.53 Å². The molecule has 2 aromatic rings. The summed E-state index contributed by atoms with van der Waals surface area (Å²) in [6.07, 6.45) is 1.77. The van der Waals surface area contributed by atoms with Crippen LogP contribution in [0.4, 0.5) is 0 Å². The number of nitrogens with one attached hydrogen (secondary N) is 1. The Morgan fingerprint density at radius 1 is 1.23 bits per heavy atom. The number of rotatable bonds is 3. The molecule has 6 heteroatoms. The van der Waals surface area contributed by atoms with Crippen molar-refractivity contribution in [2.45, 2.75) is 18.9 Å². The molecular weight excluding hydrogens is 282 g/mol. The van der Waals surface area contributed by atoms with Crippen LogP contribution in [0.3, 0.4) is 0 Å². The third kappa shape index (κ3) is 3.33. The molecule has 1 saturated heterocycles. The van der Waals surface area contributed by atoms with Gasteiger partial charge in [-0.3, -0.25) is 9.59 Å². The van der Waals surface area contributed by atoms with E-state index in [2.05, 4.69) is 10.2 Å². The van der Waals surface area contributed by atoms with Gasteiger partial charge in [-0.25, -0.2) is 5.10 Å². The summed E-state index contributed by atoms with van der Waals surface area (Å²) < 4.78 is 5.92. The molecule has 3 rings (SSSR count). The van der Waals surface area contributed by atoms with Crippen LogP contribution in [-0.2, 0) is 0 Å². The monoisotopic (exact) mass is 299 g/mol. The minimum atomic E-state index is -0.319. The Morgan fingerprint density at radius 2 is 2.05 bits per heavy atom. The second-order valence-corrected chi connectivity index (χ2v) is 5.25. The Balaban J connectivity index is 1.66. The SMILES string of the molecule is O=C(c1ccc(=O)[nH]n1)N1CCCC(Oc2ccccc2)C1. The first kappa shape index (κ1) is 14.3. The number of likely N-dealkylation sites (tertiary alicyclic amines) is 1. The highest BCUT2D eigenvalue weighted by molar-refractivity contribution is 5.92. The van der Waals surface area contributed by atoms with Gasteiger partial charge in [-0.05, 0) is 31.0 Å². The minimum absolute atomic E-state index is 0.0251. The molecule has 0 bridgehead atoms. The summed E-state index contributed by atoms with van der Waals surface area (Å²) in [6, 6.07) is 12.3. The van der Waals surface area contributed by atoms with Crippen LogP contribution in [0, 0.1) is 0 Å². The van der Waals surface area contributed by atoms with Crippen LogP contribution in [-0.4, -0.2) is 40.2 Å². The summed E-state index contributed by atoms with van der Waals surface area (Å²) in [6.45, 7) is 1.20. The molecule has 6 nitrogen and oxygen atoms in total. The number of ether oxygens (including phenoxy) is 1. The van der Waals surface area contributed by atoms with Gasteiger partial charge in [0.05, 0.1) is 6.54 Å². The van der Waals surface area contributed by atoms with Gasteiger partial charge in [0.25, 0.3) is 11.5 Å². The molecule has 1 aromatic heterocycles. The van der Waals surface area contributed by atoms with E-state index in [4.69, 9.17) is 4.74 Å². The number of benzene rings is 1. The molecule has 0 spiro atoms. The highest BCUT2D eigenvalue weighted by atomic mass is 16.5. The molecule has 1 aliphatic heterocycles. The summed E-state index contributed by atoms with van der Waals surface area (Å²) in [7, 11) is 0. The van der Waals surface area contributed by atoms with Crippen molar-refractivity contribution in [3.8, 4) is 5.75 Å². The van der Waals surface area contributed by atoms with Gasteiger partial charge in [-0.1, -0.05) is 18.2 Å². The Hall–Kier alpha value is -2.63. The molecule has 1 aromatic carbocycles. The molecule has 1 amide bonds. The number of aromatic nitrogens is 2. The zero-order chi connectivity index (χ0) is 15.4. The van der Waals surface area contributed by atoms with Crippen LogP contribution in [0.1, 0.15) is 23.3 Å². The average molecular weight is 299 g/mol. The number of nitrogens with zero attached hydrogens (tertiary/aromatic N) is 2. The van der Waals surface area contributed by atoms with Gasteiger partial charge in [0.15, 0.2) is 0 Å². The number of piperidine rings is 1. The molecule has 2 heterocycles. The number of aromatic amines is 1. The Labute approximate surface area is 127 Å².